The van der Waals surface area contributed by atoms with Gasteiger partial charge in [0, 0.05) is 25.3 Å². The Morgan fingerprint density at radius 2 is 2.11 bits per heavy atom. The van der Waals surface area contributed by atoms with Gasteiger partial charge in [-0.25, -0.2) is 4.98 Å². The first kappa shape index (κ1) is 18.9. The van der Waals surface area contributed by atoms with Crippen molar-refractivity contribution >= 4 is 11.7 Å². The van der Waals surface area contributed by atoms with E-state index in [1.165, 1.54) is 11.1 Å². The number of nitrogens with one attached hydrogen (secondary N) is 2. The number of benzene rings is 1. The Balaban J connectivity index is 1.60. The summed E-state index contributed by atoms with van der Waals surface area (Å²) in [6.45, 7) is 3.87. The second-order valence-electron chi connectivity index (χ2n) is 6.80. The van der Waals surface area contributed by atoms with Gasteiger partial charge in [0.25, 0.3) is 5.91 Å². The van der Waals surface area contributed by atoms with E-state index in [1.807, 2.05) is 6.07 Å². The Bertz CT molecular complexity index is 794. The number of rotatable bonds is 6. The molecule has 2 unspecified atom stereocenters. The number of aryl methyl sites for hydroxylation is 1. The number of aromatic nitrogens is 1. The third kappa shape index (κ3) is 5.08. The molecule has 2 N–H and O–H groups in total. The molecule has 1 aliphatic heterocycles. The Morgan fingerprint density at radius 3 is 2.81 bits per heavy atom. The Hall–Kier alpha value is -2.84. The molecule has 3 rings (SSSR count). The first-order valence-electron chi connectivity index (χ1n) is 9.27. The standard InChI is InChI=1S/C22H25N3O2/c1-3-12-23-22(26)19-10-11-20(25-15-19)24-14-18-5-4-13-27-21(18)17-8-6-16(2)7-9-17/h1,6-11,15,18,21H,4-5,12-14H2,2H3,(H,23,26)(H,24,25). The molecule has 5 nitrogen and oxygen atoms in total. The lowest BCUT2D eigenvalue weighted by atomic mass is 9.89. The van der Waals surface area contributed by atoms with Crippen molar-refractivity contribution in [1.82, 2.24) is 10.3 Å². The summed E-state index contributed by atoms with van der Waals surface area (Å²) in [5, 5.41) is 6.01. The molecule has 140 valence electrons. The zero-order valence-electron chi connectivity index (χ0n) is 15.6. The number of amides is 1. The first-order chi connectivity index (χ1) is 13.2. The Kier molecular flexibility index (Phi) is 6.45. The van der Waals surface area contributed by atoms with Crippen molar-refractivity contribution in [1.29, 1.82) is 0 Å². The second-order valence-corrected chi connectivity index (χ2v) is 6.80. The lowest BCUT2D eigenvalue weighted by Crippen LogP contribution is -2.28. The SMILES string of the molecule is C#CCNC(=O)c1ccc(NCC2CCCOC2c2ccc(C)cc2)nc1. The molecule has 1 aromatic heterocycles. The predicted molar refractivity (Wildman–Crippen MR) is 106 cm³/mol. The van der Waals surface area contributed by atoms with Crippen molar-refractivity contribution in [3.63, 3.8) is 0 Å². The van der Waals surface area contributed by atoms with Crippen LogP contribution >= 0.6 is 0 Å². The molecule has 27 heavy (non-hydrogen) atoms. The summed E-state index contributed by atoms with van der Waals surface area (Å²) in [6.07, 6.45) is 8.98. The molecule has 1 saturated heterocycles. The van der Waals surface area contributed by atoms with E-state index in [9.17, 15) is 4.79 Å². The Morgan fingerprint density at radius 1 is 1.30 bits per heavy atom. The van der Waals surface area contributed by atoms with E-state index >= 15 is 0 Å². The van der Waals surface area contributed by atoms with Gasteiger partial charge in [0.15, 0.2) is 0 Å². The predicted octanol–water partition coefficient (Wildman–Crippen LogP) is 3.33. The molecule has 1 aromatic carbocycles. The molecule has 0 radical (unpaired) electrons. The highest BCUT2D eigenvalue weighted by Crippen LogP contribution is 2.33. The van der Waals surface area contributed by atoms with Gasteiger partial charge in [-0.15, -0.1) is 6.42 Å². The average molecular weight is 363 g/mol. The molecule has 5 heteroatoms. The van der Waals surface area contributed by atoms with Crippen molar-refractivity contribution in [2.75, 3.05) is 25.0 Å². The van der Waals surface area contributed by atoms with Gasteiger partial charge >= 0.3 is 0 Å². The maximum Gasteiger partial charge on any atom is 0.253 e. The van der Waals surface area contributed by atoms with Gasteiger partial charge in [-0.3, -0.25) is 4.79 Å². The van der Waals surface area contributed by atoms with E-state index in [0.717, 1.165) is 31.8 Å². The van der Waals surface area contributed by atoms with Crippen LogP contribution in [0.15, 0.2) is 42.6 Å². The fourth-order valence-electron chi connectivity index (χ4n) is 3.28. The van der Waals surface area contributed by atoms with Gasteiger partial charge in [0.2, 0.25) is 0 Å². The fraction of sp³-hybridized carbons (Fsp3) is 0.364. The monoisotopic (exact) mass is 363 g/mol. The number of terminal acetylenes is 1. The third-order valence-electron chi connectivity index (χ3n) is 4.77. The smallest absolute Gasteiger partial charge is 0.253 e. The molecule has 0 bridgehead atoms. The summed E-state index contributed by atoms with van der Waals surface area (Å²) in [6, 6.07) is 12.1. The molecule has 0 saturated carbocycles. The van der Waals surface area contributed by atoms with E-state index in [4.69, 9.17) is 11.2 Å². The number of nitrogens with zero attached hydrogens (tertiary/aromatic N) is 1. The number of carbonyl (C=O) groups excluding carboxylic acids is 1. The van der Waals surface area contributed by atoms with E-state index in [2.05, 4.69) is 52.7 Å². The van der Waals surface area contributed by atoms with Crippen molar-refractivity contribution in [2.24, 2.45) is 5.92 Å². The maximum absolute atomic E-state index is 11.9. The zero-order valence-corrected chi connectivity index (χ0v) is 15.6. The second kappa shape index (κ2) is 9.20. The van der Waals surface area contributed by atoms with Gasteiger partial charge in [-0.05, 0) is 37.5 Å². The number of ether oxygens (including phenoxy) is 1. The minimum absolute atomic E-state index is 0.0978. The molecule has 2 aromatic rings. The molecule has 1 fully saturated rings. The largest absolute Gasteiger partial charge is 0.373 e. The number of anilines is 1. The molecular formula is C22H25N3O2. The number of carbonyl (C=O) groups is 1. The molecule has 2 atom stereocenters. The van der Waals surface area contributed by atoms with Crippen molar-refractivity contribution in [2.45, 2.75) is 25.9 Å². The van der Waals surface area contributed by atoms with E-state index in [-0.39, 0.29) is 18.6 Å². The molecular weight excluding hydrogens is 338 g/mol. The Labute approximate surface area is 160 Å². The lowest BCUT2D eigenvalue weighted by molar-refractivity contribution is -0.0238. The van der Waals surface area contributed by atoms with Crippen LogP contribution in [0, 0.1) is 25.2 Å². The van der Waals surface area contributed by atoms with Gasteiger partial charge in [0.05, 0.1) is 18.2 Å². The summed E-state index contributed by atoms with van der Waals surface area (Å²) < 4.78 is 6.06. The van der Waals surface area contributed by atoms with Crippen LogP contribution in [0.1, 0.15) is 40.4 Å². The fourth-order valence-corrected chi connectivity index (χ4v) is 3.28. The summed E-state index contributed by atoms with van der Waals surface area (Å²) in [7, 11) is 0. The highest BCUT2D eigenvalue weighted by atomic mass is 16.5. The minimum Gasteiger partial charge on any atom is -0.373 e. The number of hydrogen-bond acceptors (Lipinski definition) is 4. The first-order valence-corrected chi connectivity index (χ1v) is 9.27. The van der Waals surface area contributed by atoms with Crippen LogP contribution in [0.2, 0.25) is 0 Å². The number of pyridine rings is 1. The minimum atomic E-state index is -0.216. The highest BCUT2D eigenvalue weighted by Gasteiger charge is 2.27. The summed E-state index contributed by atoms with van der Waals surface area (Å²) in [4.78, 5) is 16.2. The van der Waals surface area contributed by atoms with Crippen molar-refractivity contribution in [3.8, 4) is 12.3 Å². The summed E-state index contributed by atoms with van der Waals surface area (Å²) in [5.74, 6) is 3.29. The molecule has 1 amide bonds. The maximum atomic E-state index is 11.9. The zero-order chi connectivity index (χ0) is 19.1. The quantitative estimate of drug-likeness (QED) is 0.773. The molecule has 0 spiro atoms. The normalized spacial score (nSPS) is 19.1. The highest BCUT2D eigenvalue weighted by molar-refractivity contribution is 5.94. The molecule has 0 aliphatic carbocycles. The van der Waals surface area contributed by atoms with Gasteiger partial charge in [-0.2, -0.15) is 0 Å². The summed E-state index contributed by atoms with van der Waals surface area (Å²) >= 11 is 0. The van der Waals surface area contributed by atoms with Gasteiger partial charge in [0.1, 0.15) is 5.82 Å². The summed E-state index contributed by atoms with van der Waals surface area (Å²) in [5.41, 5.74) is 2.97. The van der Waals surface area contributed by atoms with Crippen molar-refractivity contribution < 1.29 is 9.53 Å². The van der Waals surface area contributed by atoms with E-state index in [1.54, 1.807) is 12.3 Å². The lowest BCUT2D eigenvalue weighted by Gasteiger charge is -2.32. The van der Waals surface area contributed by atoms with Crippen LogP contribution < -0.4 is 10.6 Å². The topological polar surface area (TPSA) is 63.2 Å². The number of hydrogen-bond donors (Lipinski definition) is 2. The third-order valence-corrected chi connectivity index (χ3v) is 4.77. The van der Waals surface area contributed by atoms with Crippen LogP contribution in [0.4, 0.5) is 5.82 Å². The van der Waals surface area contributed by atoms with Crippen LogP contribution in [0.3, 0.4) is 0 Å². The molecule has 2 heterocycles. The average Bonchev–Trinajstić information content (AvgIpc) is 2.72. The van der Waals surface area contributed by atoms with Gasteiger partial charge in [-0.1, -0.05) is 35.7 Å². The van der Waals surface area contributed by atoms with Gasteiger partial charge < -0.3 is 15.4 Å². The van der Waals surface area contributed by atoms with E-state index in [0.29, 0.717) is 11.5 Å². The van der Waals surface area contributed by atoms with Crippen LogP contribution in [-0.4, -0.2) is 30.6 Å². The van der Waals surface area contributed by atoms with E-state index < -0.39 is 0 Å². The van der Waals surface area contributed by atoms with Crippen LogP contribution in [0.25, 0.3) is 0 Å². The van der Waals surface area contributed by atoms with Crippen molar-refractivity contribution in [3.05, 3.63) is 59.3 Å². The van der Waals surface area contributed by atoms with Crippen LogP contribution in [-0.2, 0) is 4.74 Å². The van der Waals surface area contributed by atoms with Crippen LogP contribution in [0.5, 0.6) is 0 Å². The molecule has 1 aliphatic rings.